The third kappa shape index (κ3) is 5.43. The van der Waals surface area contributed by atoms with Crippen LogP contribution in [0.5, 0.6) is 0 Å². The van der Waals surface area contributed by atoms with E-state index in [2.05, 4.69) is 16.7 Å². The number of hydrogen-bond acceptors (Lipinski definition) is 4. The number of urea groups is 1. The van der Waals surface area contributed by atoms with Gasteiger partial charge in [0.1, 0.15) is 6.04 Å². The number of anilines is 1. The molecule has 3 atom stereocenters. The summed E-state index contributed by atoms with van der Waals surface area (Å²) in [5.41, 5.74) is 3.93. The SMILES string of the molecule is CSCC[C@H](NC(=O)N1C[C@@H]2C[C@H](C1)c1cccc(=O)n1C2)C(=O)Nc1cc(C)cc(C)c1. The average molecular weight is 469 g/mol. The topological polar surface area (TPSA) is 83.4 Å². The van der Waals surface area contributed by atoms with E-state index in [-0.39, 0.29) is 29.3 Å². The Bertz CT molecular complexity index is 1080. The lowest BCUT2D eigenvalue weighted by Crippen LogP contribution is -2.55. The summed E-state index contributed by atoms with van der Waals surface area (Å²) in [6.45, 7) is 5.78. The molecule has 33 heavy (non-hydrogen) atoms. The first-order valence-corrected chi connectivity index (χ1v) is 12.9. The molecule has 0 aliphatic carbocycles. The van der Waals surface area contributed by atoms with Gasteiger partial charge in [-0.2, -0.15) is 11.8 Å². The highest BCUT2D eigenvalue weighted by atomic mass is 32.2. The lowest BCUT2D eigenvalue weighted by molar-refractivity contribution is -0.118. The van der Waals surface area contributed by atoms with E-state index in [1.165, 1.54) is 0 Å². The van der Waals surface area contributed by atoms with Crippen LogP contribution in [0.1, 0.15) is 35.6 Å². The van der Waals surface area contributed by atoms with Crippen molar-refractivity contribution in [3.8, 4) is 0 Å². The molecule has 2 aromatic rings. The van der Waals surface area contributed by atoms with E-state index in [9.17, 15) is 14.4 Å². The summed E-state index contributed by atoms with van der Waals surface area (Å²) in [6.07, 6.45) is 3.53. The maximum atomic E-state index is 13.2. The van der Waals surface area contributed by atoms with Gasteiger partial charge in [-0.1, -0.05) is 12.1 Å². The molecule has 0 saturated carbocycles. The van der Waals surface area contributed by atoms with Crippen molar-refractivity contribution >= 4 is 29.4 Å². The number of nitrogens with zero attached hydrogens (tertiary/aromatic N) is 2. The van der Waals surface area contributed by atoms with Gasteiger partial charge in [-0.3, -0.25) is 9.59 Å². The number of amides is 3. The van der Waals surface area contributed by atoms with Gasteiger partial charge in [-0.25, -0.2) is 4.79 Å². The van der Waals surface area contributed by atoms with Crippen molar-refractivity contribution in [2.75, 3.05) is 30.4 Å². The van der Waals surface area contributed by atoms with Crippen LogP contribution in [0.2, 0.25) is 0 Å². The Morgan fingerprint density at radius 1 is 1.12 bits per heavy atom. The number of rotatable bonds is 6. The van der Waals surface area contributed by atoms with E-state index in [4.69, 9.17) is 0 Å². The lowest BCUT2D eigenvalue weighted by Gasteiger charge is -2.43. The first-order valence-electron chi connectivity index (χ1n) is 11.5. The Hall–Kier alpha value is -2.74. The van der Waals surface area contributed by atoms with Crippen molar-refractivity contribution < 1.29 is 9.59 Å². The maximum absolute atomic E-state index is 13.2. The van der Waals surface area contributed by atoms with Gasteiger partial charge in [0, 0.05) is 43.0 Å². The zero-order valence-corrected chi connectivity index (χ0v) is 20.3. The van der Waals surface area contributed by atoms with Crippen molar-refractivity contribution in [1.29, 1.82) is 0 Å². The fourth-order valence-electron chi connectivity index (χ4n) is 5.08. The third-order valence-corrected chi connectivity index (χ3v) is 7.12. The summed E-state index contributed by atoms with van der Waals surface area (Å²) in [4.78, 5) is 40.3. The van der Waals surface area contributed by atoms with Crippen molar-refractivity contribution in [3.63, 3.8) is 0 Å². The number of pyridine rings is 1. The number of likely N-dealkylation sites (tertiary alicyclic amines) is 1. The minimum atomic E-state index is -0.609. The number of nitrogens with one attached hydrogen (secondary N) is 2. The Labute approximate surface area is 198 Å². The summed E-state index contributed by atoms with van der Waals surface area (Å²) in [5, 5.41) is 5.97. The molecule has 2 N–H and O–H groups in total. The summed E-state index contributed by atoms with van der Waals surface area (Å²) < 4.78 is 1.85. The Morgan fingerprint density at radius 3 is 2.61 bits per heavy atom. The number of thioether (sulfide) groups is 1. The largest absolute Gasteiger partial charge is 0.326 e. The predicted molar refractivity (Wildman–Crippen MR) is 133 cm³/mol. The van der Waals surface area contributed by atoms with Crippen LogP contribution in [0.15, 0.2) is 41.2 Å². The van der Waals surface area contributed by atoms with Crippen LogP contribution in [-0.4, -0.2) is 52.5 Å². The standard InChI is InChI=1S/C25H32N4O3S/c1-16-9-17(2)11-20(10-16)26-24(31)21(7-8-33-3)27-25(32)28-13-18-12-19(15-28)22-5-4-6-23(30)29(22)14-18/h4-6,9-11,18-19,21H,7-8,12-15H2,1-3H3,(H,26,31)(H,27,32)/t18-,19+,21-/m0/s1. The first kappa shape index (κ1) is 23.4. The molecular formula is C25H32N4O3S. The minimum Gasteiger partial charge on any atom is -0.326 e. The molecule has 0 spiro atoms. The predicted octanol–water partition coefficient (Wildman–Crippen LogP) is 3.35. The van der Waals surface area contributed by atoms with Gasteiger partial charge in [-0.15, -0.1) is 0 Å². The Balaban J connectivity index is 1.45. The van der Waals surface area contributed by atoms with Crippen molar-refractivity contribution in [3.05, 3.63) is 63.6 Å². The first-order chi connectivity index (χ1) is 15.8. The monoisotopic (exact) mass is 468 g/mol. The number of piperidine rings is 1. The molecule has 176 valence electrons. The second kappa shape index (κ2) is 10.0. The van der Waals surface area contributed by atoms with Gasteiger partial charge in [-0.05, 0) is 73.9 Å². The summed E-state index contributed by atoms with van der Waals surface area (Å²) in [5.74, 6) is 0.963. The van der Waals surface area contributed by atoms with Gasteiger partial charge in [0.15, 0.2) is 0 Å². The van der Waals surface area contributed by atoms with Crippen LogP contribution in [0.3, 0.4) is 0 Å². The molecule has 7 nitrogen and oxygen atoms in total. The van der Waals surface area contributed by atoms with Gasteiger partial charge >= 0.3 is 6.03 Å². The Morgan fingerprint density at radius 2 is 1.88 bits per heavy atom. The lowest BCUT2D eigenvalue weighted by atomic mass is 9.83. The summed E-state index contributed by atoms with van der Waals surface area (Å²) in [7, 11) is 0. The number of aryl methyl sites for hydroxylation is 2. The molecule has 3 heterocycles. The fourth-order valence-corrected chi connectivity index (χ4v) is 5.55. The number of fused-ring (bicyclic) bond motifs is 4. The molecule has 1 aromatic carbocycles. The van der Waals surface area contributed by atoms with Crippen LogP contribution in [0, 0.1) is 19.8 Å². The molecule has 0 unspecified atom stereocenters. The van der Waals surface area contributed by atoms with Gasteiger partial charge in [0.25, 0.3) is 5.56 Å². The van der Waals surface area contributed by atoms with Crippen LogP contribution in [0.25, 0.3) is 0 Å². The zero-order chi connectivity index (χ0) is 23.5. The number of carbonyl (C=O) groups is 2. The fraction of sp³-hybridized carbons (Fsp3) is 0.480. The molecule has 8 heteroatoms. The van der Waals surface area contributed by atoms with E-state index in [0.717, 1.165) is 34.7 Å². The van der Waals surface area contributed by atoms with Crippen molar-refractivity contribution in [2.24, 2.45) is 5.92 Å². The zero-order valence-electron chi connectivity index (χ0n) is 19.5. The highest BCUT2D eigenvalue weighted by molar-refractivity contribution is 7.98. The molecule has 1 aromatic heterocycles. The van der Waals surface area contributed by atoms with Crippen molar-refractivity contribution in [1.82, 2.24) is 14.8 Å². The molecule has 2 aliphatic heterocycles. The minimum absolute atomic E-state index is 0.0280. The van der Waals surface area contributed by atoms with Crippen LogP contribution in [-0.2, 0) is 11.3 Å². The molecule has 1 fully saturated rings. The van der Waals surface area contributed by atoms with Crippen LogP contribution >= 0.6 is 11.8 Å². The second-order valence-electron chi connectivity index (χ2n) is 9.25. The number of aromatic nitrogens is 1. The average Bonchev–Trinajstić information content (AvgIpc) is 2.76. The van der Waals surface area contributed by atoms with Gasteiger partial charge < -0.3 is 20.1 Å². The maximum Gasteiger partial charge on any atom is 0.318 e. The molecule has 2 aliphatic rings. The van der Waals surface area contributed by atoms with Crippen molar-refractivity contribution in [2.45, 2.75) is 45.2 Å². The van der Waals surface area contributed by atoms with E-state index in [0.29, 0.717) is 26.1 Å². The normalized spacial score (nSPS) is 20.0. The number of carbonyl (C=O) groups excluding carboxylic acids is 2. The molecule has 4 rings (SSSR count). The Kier molecular flexibility index (Phi) is 7.12. The van der Waals surface area contributed by atoms with Gasteiger partial charge in [0.05, 0.1) is 0 Å². The van der Waals surface area contributed by atoms with E-state index < -0.39 is 6.04 Å². The molecule has 1 saturated heterocycles. The smallest absolute Gasteiger partial charge is 0.318 e. The quantitative estimate of drug-likeness (QED) is 0.681. The molecule has 2 bridgehead atoms. The van der Waals surface area contributed by atoms with Crippen LogP contribution in [0.4, 0.5) is 10.5 Å². The highest BCUT2D eigenvalue weighted by Gasteiger charge is 2.37. The summed E-state index contributed by atoms with van der Waals surface area (Å²) in [6, 6.07) is 10.5. The number of hydrogen-bond donors (Lipinski definition) is 2. The third-order valence-electron chi connectivity index (χ3n) is 6.48. The van der Waals surface area contributed by atoms with E-state index in [1.54, 1.807) is 23.9 Å². The molecule has 0 radical (unpaired) electrons. The van der Waals surface area contributed by atoms with Crippen LogP contribution < -0.4 is 16.2 Å². The second-order valence-corrected chi connectivity index (χ2v) is 10.2. The van der Waals surface area contributed by atoms with E-state index >= 15 is 0 Å². The van der Waals surface area contributed by atoms with E-state index in [1.807, 2.05) is 47.8 Å². The summed E-state index contributed by atoms with van der Waals surface area (Å²) >= 11 is 1.65. The highest BCUT2D eigenvalue weighted by Crippen LogP contribution is 2.34. The molecule has 3 amide bonds. The number of benzene rings is 1. The van der Waals surface area contributed by atoms with Gasteiger partial charge in [0.2, 0.25) is 5.91 Å². The molecular weight excluding hydrogens is 436 g/mol.